The predicted octanol–water partition coefficient (Wildman–Crippen LogP) is 4.70. The highest BCUT2D eigenvalue weighted by atomic mass is 32.2. The number of carbonyl (C=O) groups excluding carboxylic acids is 2. The van der Waals surface area contributed by atoms with Crippen LogP contribution in [-0.4, -0.2) is 55.1 Å². The lowest BCUT2D eigenvalue weighted by molar-refractivity contribution is -0.141. The van der Waals surface area contributed by atoms with E-state index in [9.17, 15) is 18.0 Å². The molecule has 212 valence electrons. The molecule has 8 heteroatoms. The van der Waals surface area contributed by atoms with Gasteiger partial charge in [0.1, 0.15) is 6.04 Å². The number of hydrogen-bond acceptors (Lipinski definition) is 4. The smallest absolute Gasteiger partial charge is 0.243 e. The molecular formula is C32H39N3O4S. The largest absolute Gasteiger partial charge is 0.352 e. The van der Waals surface area contributed by atoms with Crippen LogP contribution in [0.5, 0.6) is 0 Å². The van der Waals surface area contributed by atoms with Gasteiger partial charge in [-0.25, -0.2) is 8.42 Å². The van der Waals surface area contributed by atoms with Crippen LogP contribution in [0.15, 0.2) is 89.8 Å². The Labute approximate surface area is 238 Å². The Morgan fingerprint density at radius 1 is 0.850 bits per heavy atom. The Morgan fingerprint density at radius 3 is 2.02 bits per heavy atom. The van der Waals surface area contributed by atoms with E-state index in [4.69, 9.17) is 0 Å². The summed E-state index contributed by atoms with van der Waals surface area (Å²) in [6.45, 7) is 1.69. The average molecular weight is 562 g/mol. The van der Waals surface area contributed by atoms with Crippen molar-refractivity contribution in [1.82, 2.24) is 14.5 Å². The molecule has 1 N–H and O–H groups in total. The molecule has 1 aliphatic carbocycles. The predicted molar refractivity (Wildman–Crippen MR) is 157 cm³/mol. The molecule has 0 saturated heterocycles. The molecule has 0 heterocycles. The molecule has 0 radical (unpaired) electrons. The third-order valence-electron chi connectivity index (χ3n) is 7.51. The minimum Gasteiger partial charge on any atom is -0.352 e. The standard InChI is InChI=1S/C32H39N3O4S/c1-25-18-20-29(21-19-25)40(38,39)34(2)24-31(36)35(23-27-14-8-4-9-15-27)30(22-26-12-6-3-7-13-26)32(37)33-28-16-10-5-11-17-28/h3-4,6-9,12-15,18-21,28,30H,5,10-11,16-17,22-24H2,1-2H3,(H,33,37). The summed E-state index contributed by atoms with van der Waals surface area (Å²) in [5.41, 5.74) is 2.74. The number of amides is 2. The molecule has 1 aliphatic rings. The Balaban J connectivity index is 1.64. The second-order valence-electron chi connectivity index (χ2n) is 10.6. The molecule has 1 saturated carbocycles. The van der Waals surface area contributed by atoms with Gasteiger partial charge in [-0.15, -0.1) is 0 Å². The van der Waals surface area contributed by atoms with Gasteiger partial charge in [0.15, 0.2) is 0 Å². The van der Waals surface area contributed by atoms with E-state index in [0.29, 0.717) is 6.42 Å². The van der Waals surface area contributed by atoms with Gasteiger partial charge < -0.3 is 10.2 Å². The average Bonchev–Trinajstić information content (AvgIpc) is 2.96. The number of benzene rings is 3. The fourth-order valence-corrected chi connectivity index (χ4v) is 6.26. The van der Waals surface area contributed by atoms with Crippen LogP contribution in [0, 0.1) is 6.92 Å². The van der Waals surface area contributed by atoms with Crippen LogP contribution in [0.1, 0.15) is 48.8 Å². The lowest BCUT2D eigenvalue weighted by atomic mass is 9.94. The topological polar surface area (TPSA) is 86.8 Å². The number of sulfonamides is 1. The Kier molecular flexibility index (Phi) is 10.1. The Hall–Kier alpha value is -3.49. The molecule has 0 spiro atoms. The van der Waals surface area contributed by atoms with Crippen molar-refractivity contribution >= 4 is 21.8 Å². The van der Waals surface area contributed by atoms with Gasteiger partial charge in [0.2, 0.25) is 21.8 Å². The second-order valence-corrected chi connectivity index (χ2v) is 12.7. The SMILES string of the molecule is Cc1ccc(S(=O)(=O)N(C)CC(=O)N(Cc2ccccc2)C(Cc2ccccc2)C(=O)NC2CCCCC2)cc1. The molecule has 1 fully saturated rings. The van der Waals surface area contributed by atoms with Crippen LogP contribution in [0.25, 0.3) is 0 Å². The lowest BCUT2D eigenvalue weighted by Crippen LogP contribution is -2.54. The van der Waals surface area contributed by atoms with Crippen LogP contribution in [0.2, 0.25) is 0 Å². The minimum absolute atomic E-state index is 0.0813. The molecule has 0 aliphatic heterocycles. The summed E-state index contributed by atoms with van der Waals surface area (Å²) in [5, 5.41) is 3.21. The third-order valence-corrected chi connectivity index (χ3v) is 9.32. The summed E-state index contributed by atoms with van der Waals surface area (Å²) in [6, 6.07) is 25.0. The summed E-state index contributed by atoms with van der Waals surface area (Å²) in [7, 11) is -2.49. The summed E-state index contributed by atoms with van der Waals surface area (Å²) in [6.07, 6.45) is 5.49. The number of nitrogens with zero attached hydrogens (tertiary/aromatic N) is 2. The van der Waals surface area contributed by atoms with Gasteiger partial charge in [-0.05, 0) is 43.0 Å². The van der Waals surface area contributed by atoms with Crippen molar-refractivity contribution in [2.45, 2.75) is 69.0 Å². The first-order chi connectivity index (χ1) is 19.2. The Morgan fingerprint density at radius 2 is 1.43 bits per heavy atom. The van der Waals surface area contributed by atoms with Crippen molar-refractivity contribution in [3.8, 4) is 0 Å². The molecule has 2 amide bonds. The van der Waals surface area contributed by atoms with Crippen molar-refractivity contribution in [2.24, 2.45) is 0 Å². The number of likely N-dealkylation sites (N-methyl/N-ethyl adjacent to an activating group) is 1. The highest BCUT2D eigenvalue weighted by Gasteiger charge is 2.34. The number of hydrogen-bond donors (Lipinski definition) is 1. The summed E-state index contributed by atoms with van der Waals surface area (Å²) in [4.78, 5) is 29.5. The van der Waals surface area contributed by atoms with E-state index in [-0.39, 0.29) is 29.9 Å². The van der Waals surface area contributed by atoms with E-state index in [1.54, 1.807) is 29.2 Å². The van der Waals surface area contributed by atoms with Crippen LogP contribution in [-0.2, 0) is 32.6 Å². The van der Waals surface area contributed by atoms with E-state index in [2.05, 4.69) is 5.32 Å². The van der Waals surface area contributed by atoms with Crippen molar-refractivity contribution in [3.63, 3.8) is 0 Å². The van der Waals surface area contributed by atoms with Gasteiger partial charge in [0.25, 0.3) is 0 Å². The van der Waals surface area contributed by atoms with Gasteiger partial charge in [-0.1, -0.05) is 97.6 Å². The van der Waals surface area contributed by atoms with Crippen molar-refractivity contribution in [3.05, 3.63) is 102 Å². The first-order valence-corrected chi connectivity index (χ1v) is 15.4. The maximum Gasteiger partial charge on any atom is 0.243 e. The molecule has 0 bridgehead atoms. The van der Waals surface area contributed by atoms with E-state index < -0.39 is 22.0 Å². The maximum atomic E-state index is 14.0. The highest BCUT2D eigenvalue weighted by molar-refractivity contribution is 7.89. The number of rotatable bonds is 11. The molecule has 0 aromatic heterocycles. The lowest BCUT2D eigenvalue weighted by Gasteiger charge is -2.34. The van der Waals surface area contributed by atoms with Gasteiger partial charge >= 0.3 is 0 Å². The van der Waals surface area contributed by atoms with E-state index >= 15 is 0 Å². The monoisotopic (exact) mass is 561 g/mol. The number of aryl methyl sites for hydroxylation is 1. The molecule has 3 aromatic rings. The zero-order valence-electron chi connectivity index (χ0n) is 23.3. The molecule has 7 nitrogen and oxygen atoms in total. The van der Waals surface area contributed by atoms with Crippen molar-refractivity contribution < 1.29 is 18.0 Å². The van der Waals surface area contributed by atoms with Crippen LogP contribution in [0.4, 0.5) is 0 Å². The quantitative estimate of drug-likeness (QED) is 0.368. The van der Waals surface area contributed by atoms with E-state index in [1.165, 1.54) is 13.5 Å². The van der Waals surface area contributed by atoms with E-state index in [0.717, 1.165) is 46.7 Å². The molecular weight excluding hydrogens is 522 g/mol. The number of carbonyl (C=O) groups is 2. The van der Waals surface area contributed by atoms with Gasteiger partial charge in [-0.2, -0.15) is 4.31 Å². The summed E-state index contributed by atoms with van der Waals surface area (Å²) >= 11 is 0. The van der Waals surface area contributed by atoms with Gasteiger partial charge in [0, 0.05) is 26.1 Å². The highest BCUT2D eigenvalue weighted by Crippen LogP contribution is 2.21. The van der Waals surface area contributed by atoms with E-state index in [1.807, 2.05) is 67.6 Å². The van der Waals surface area contributed by atoms with Gasteiger partial charge in [0.05, 0.1) is 11.4 Å². The van der Waals surface area contributed by atoms with Crippen LogP contribution >= 0.6 is 0 Å². The first kappa shape index (κ1) is 29.5. The van der Waals surface area contributed by atoms with Crippen LogP contribution < -0.4 is 5.32 Å². The minimum atomic E-state index is -3.90. The zero-order valence-corrected chi connectivity index (χ0v) is 24.1. The molecule has 3 aromatic carbocycles. The van der Waals surface area contributed by atoms with Crippen molar-refractivity contribution in [2.75, 3.05) is 13.6 Å². The summed E-state index contributed by atoms with van der Waals surface area (Å²) < 4.78 is 27.7. The van der Waals surface area contributed by atoms with Gasteiger partial charge in [-0.3, -0.25) is 9.59 Å². The van der Waals surface area contributed by atoms with Crippen molar-refractivity contribution in [1.29, 1.82) is 0 Å². The summed E-state index contributed by atoms with van der Waals surface area (Å²) in [5.74, 6) is -0.633. The van der Waals surface area contributed by atoms with Crippen LogP contribution in [0.3, 0.4) is 0 Å². The first-order valence-electron chi connectivity index (χ1n) is 13.9. The molecule has 1 unspecified atom stereocenters. The molecule has 1 atom stereocenters. The second kappa shape index (κ2) is 13.7. The fraction of sp³-hybridized carbons (Fsp3) is 0.375. The Bertz CT molecular complexity index is 1360. The molecule has 4 rings (SSSR count). The number of nitrogens with one attached hydrogen (secondary N) is 1. The maximum absolute atomic E-state index is 14.0. The third kappa shape index (κ3) is 7.79. The zero-order chi connectivity index (χ0) is 28.5. The fourth-order valence-electron chi connectivity index (χ4n) is 5.13. The normalized spacial score (nSPS) is 15.0. The molecule has 40 heavy (non-hydrogen) atoms.